The lowest BCUT2D eigenvalue weighted by molar-refractivity contribution is 0.262. The highest BCUT2D eigenvalue weighted by atomic mass is 16.2. The van der Waals surface area contributed by atoms with Crippen molar-refractivity contribution in [1.82, 2.24) is 0 Å². The van der Waals surface area contributed by atoms with E-state index in [9.17, 15) is 4.79 Å². The Labute approximate surface area is 112 Å². The quantitative estimate of drug-likeness (QED) is 0.719. The van der Waals surface area contributed by atoms with Gasteiger partial charge in [0, 0.05) is 17.1 Å². The number of nitrogens with two attached hydrogens (primary N) is 1. The first-order valence-electron chi connectivity index (χ1n) is 6.06. The van der Waals surface area contributed by atoms with Gasteiger partial charge in [0.15, 0.2) is 0 Å². The molecule has 2 aromatic rings. The predicted molar refractivity (Wildman–Crippen MR) is 79.4 cm³/mol. The Morgan fingerprint density at radius 2 is 1.74 bits per heavy atom. The van der Waals surface area contributed by atoms with Gasteiger partial charge in [0.1, 0.15) is 0 Å². The van der Waals surface area contributed by atoms with Crippen LogP contribution >= 0.6 is 0 Å². The molecule has 0 bridgehead atoms. The smallest absolute Gasteiger partial charge is 0.323 e. The highest BCUT2D eigenvalue weighted by Gasteiger charge is 2.05. The molecule has 4 heteroatoms. The minimum atomic E-state index is -0.280. The standard InChI is InChI=1S/C15H17N3O/c1-10-7-8-12(9-13(10)16)17-15(19)18-14-6-4-3-5-11(14)2/h3-9H,16H2,1-2H3,(H2,17,18,19). The summed E-state index contributed by atoms with van der Waals surface area (Å²) >= 11 is 0. The predicted octanol–water partition coefficient (Wildman–Crippen LogP) is 3.53. The lowest BCUT2D eigenvalue weighted by Crippen LogP contribution is -2.20. The second kappa shape index (κ2) is 5.44. The molecule has 0 aromatic heterocycles. The molecule has 2 aromatic carbocycles. The van der Waals surface area contributed by atoms with Gasteiger partial charge in [0.2, 0.25) is 0 Å². The third-order valence-corrected chi connectivity index (χ3v) is 2.93. The Morgan fingerprint density at radius 3 is 2.42 bits per heavy atom. The van der Waals surface area contributed by atoms with Crippen LogP contribution in [0, 0.1) is 13.8 Å². The van der Waals surface area contributed by atoms with E-state index in [1.807, 2.05) is 50.2 Å². The number of para-hydroxylation sites is 1. The fourth-order valence-electron chi connectivity index (χ4n) is 1.72. The molecule has 2 amide bonds. The van der Waals surface area contributed by atoms with Crippen molar-refractivity contribution in [2.45, 2.75) is 13.8 Å². The number of aryl methyl sites for hydroxylation is 2. The van der Waals surface area contributed by atoms with Gasteiger partial charge in [-0.2, -0.15) is 0 Å². The van der Waals surface area contributed by atoms with Gasteiger partial charge >= 0.3 is 6.03 Å². The van der Waals surface area contributed by atoms with Crippen molar-refractivity contribution in [1.29, 1.82) is 0 Å². The van der Waals surface area contributed by atoms with Gasteiger partial charge in [-0.25, -0.2) is 4.79 Å². The minimum absolute atomic E-state index is 0.280. The molecular formula is C15H17N3O. The van der Waals surface area contributed by atoms with E-state index >= 15 is 0 Å². The number of rotatable bonds is 2. The van der Waals surface area contributed by atoms with Crippen LogP contribution in [0.25, 0.3) is 0 Å². The van der Waals surface area contributed by atoms with Crippen LogP contribution in [0.2, 0.25) is 0 Å². The maximum absolute atomic E-state index is 11.9. The molecule has 0 spiro atoms. The average molecular weight is 255 g/mol. The molecule has 0 saturated carbocycles. The van der Waals surface area contributed by atoms with Crippen LogP contribution < -0.4 is 16.4 Å². The van der Waals surface area contributed by atoms with E-state index < -0.39 is 0 Å². The summed E-state index contributed by atoms with van der Waals surface area (Å²) in [6, 6.07) is 12.8. The monoisotopic (exact) mass is 255 g/mol. The highest BCUT2D eigenvalue weighted by Crippen LogP contribution is 2.18. The van der Waals surface area contributed by atoms with E-state index in [0.717, 1.165) is 16.8 Å². The fourth-order valence-corrected chi connectivity index (χ4v) is 1.72. The zero-order valence-corrected chi connectivity index (χ0v) is 11.0. The third-order valence-electron chi connectivity index (χ3n) is 2.93. The molecule has 4 nitrogen and oxygen atoms in total. The summed E-state index contributed by atoms with van der Waals surface area (Å²) in [7, 11) is 0. The number of hydrogen-bond donors (Lipinski definition) is 3. The summed E-state index contributed by atoms with van der Waals surface area (Å²) < 4.78 is 0. The molecule has 0 unspecified atom stereocenters. The number of carbonyl (C=O) groups is 1. The number of carbonyl (C=O) groups excluding carboxylic acids is 1. The fraction of sp³-hybridized carbons (Fsp3) is 0.133. The first kappa shape index (κ1) is 13.0. The van der Waals surface area contributed by atoms with Crippen molar-refractivity contribution >= 4 is 23.1 Å². The molecule has 0 radical (unpaired) electrons. The van der Waals surface area contributed by atoms with E-state index in [1.165, 1.54) is 0 Å². The van der Waals surface area contributed by atoms with Gasteiger partial charge in [0.05, 0.1) is 0 Å². The number of benzene rings is 2. The number of nitrogen functional groups attached to an aromatic ring is 1. The van der Waals surface area contributed by atoms with Crippen LogP contribution in [0.1, 0.15) is 11.1 Å². The van der Waals surface area contributed by atoms with Crippen molar-refractivity contribution in [3.05, 3.63) is 53.6 Å². The van der Waals surface area contributed by atoms with E-state index in [4.69, 9.17) is 5.73 Å². The number of nitrogens with one attached hydrogen (secondary N) is 2. The zero-order valence-electron chi connectivity index (χ0n) is 11.0. The van der Waals surface area contributed by atoms with Crippen molar-refractivity contribution in [3.63, 3.8) is 0 Å². The summed E-state index contributed by atoms with van der Waals surface area (Å²) in [6.45, 7) is 3.87. The van der Waals surface area contributed by atoms with E-state index in [0.29, 0.717) is 11.4 Å². The van der Waals surface area contributed by atoms with Crippen molar-refractivity contribution < 1.29 is 4.79 Å². The molecule has 4 N–H and O–H groups in total. The van der Waals surface area contributed by atoms with Crippen LogP contribution in [-0.4, -0.2) is 6.03 Å². The lowest BCUT2D eigenvalue weighted by atomic mass is 10.2. The largest absolute Gasteiger partial charge is 0.398 e. The average Bonchev–Trinajstić information content (AvgIpc) is 2.37. The Bertz CT molecular complexity index is 608. The van der Waals surface area contributed by atoms with Crippen molar-refractivity contribution in [3.8, 4) is 0 Å². The van der Waals surface area contributed by atoms with Gasteiger partial charge in [-0.15, -0.1) is 0 Å². The molecule has 0 atom stereocenters. The van der Waals surface area contributed by atoms with Gasteiger partial charge in [-0.3, -0.25) is 0 Å². The van der Waals surface area contributed by atoms with Gasteiger partial charge < -0.3 is 16.4 Å². The van der Waals surface area contributed by atoms with Crippen molar-refractivity contribution in [2.75, 3.05) is 16.4 Å². The van der Waals surface area contributed by atoms with E-state index in [1.54, 1.807) is 6.07 Å². The van der Waals surface area contributed by atoms with E-state index in [-0.39, 0.29) is 6.03 Å². The molecule has 0 aliphatic rings. The lowest BCUT2D eigenvalue weighted by Gasteiger charge is -2.10. The van der Waals surface area contributed by atoms with Crippen LogP contribution in [-0.2, 0) is 0 Å². The second-order valence-electron chi connectivity index (χ2n) is 4.47. The number of anilines is 3. The summed E-state index contributed by atoms with van der Waals surface area (Å²) in [5.41, 5.74) is 9.93. The second-order valence-corrected chi connectivity index (χ2v) is 4.47. The van der Waals surface area contributed by atoms with Crippen LogP contribution in [0.4, 0.5) is 21.9 Å². The molecule has 0 fully saturated rings. The summed E-state index contributed by atoms with van der Waals surface area (Å²) in [5.74, 6) is 0. The SMILES string of the molecule is Cc1ccc(NC(=O)Nc2ccccc2C)cc1N. The molecule has 0 aliphatic carbocycles. The normalized spacial score (nSPS) is 10.0. The summed E-state index contributed by atoms with van der Waals surface area (Å²) in [4.78, 5) is 11.9. The van der Waals surface area contributed by atoms with Crippen LogP contribution in [0.5, 0.6) is 0 Å². The maximum atomic E-state index is 11.9. The molecular weight excluding hydrogens is 238 g/mol. The minimum Gasteiger partial charge on any atom is -0.398 e. The third kappa shape index (κ3) is 3.25. The van der Waals surface area contributed by atoms with Crippen molar-refractivity contribution in [2.24, 2.45) is 0 Å². The summed E-state index contributed by atoms with van der Waals surface area (Å²) in [5, 5.41) is 5.56. The zero-order chi connectivity index (χ0) is 13.8. The molecule has 98 valence electrons. The molecule has 19 heavy (non-hydrogen) atoms. The highest BCUT2D eigenvalue weighted by molar-refractivity contribution is 6.00. The van der Waals surface area contributed by atoms with E-state index in [2.05, 4.69) is 10.6 Å². The molecule has 0 saturated heterocycles. The van der Waals surface area contributed by atoms with Crippen LogP contribution in [0.15, 0.2) is 42.5 Å². The number of amides is 2. The number of urea groups is 1. The molecule has 2 rings (SSSR count). The Kier molecular flexibility index (Phi) is 3.71. The maximum Gasteiger partial charge on any atom is 0.323 e. The number of hydrogen-bond acceptors (Lipinski definition) is 2. The Hall–Kier alpha value is -2.49. The Morgan fingerprint density at radius 1 is 1.00 bits per heavy atom. The topological polar surface area (TPSA) is 67.2 Å². The molecule has 0 heterocycles. The van der Waals surface area contributed by atoms with Gasteiger partial charge in [0.25, 0.3) is 0 Å². The van der Waals surface area contributed by atoms with Gasteiger partial charge in [-0.05, 0) is 43.2 Å². The Balaban J connectivity index is 2.05. The molecule has 0 aliphatic heterocycles. The van der Waals surface area contributed by atoms with Gasteiger partial charge in [-0.1, -0.05) is 24.3 Å². The first-order chi connectivity index (χ1) is 9.06. The van der Waals surface area contributed by atoms with Crippen LogP contribution in [0.3, 0.4) is 0 Å². The first-order valence-corrected chi connectivity index (χ1v) is 6.06. The summed E-state index contributed by atoms with van der Waals surface area (Å²) in [6.07, 6.45) is 0.